The van der Waals surface area contributed by atoms with E-state index in [0.717, 1.165) is 25.9 Å². The maximum Gasteiger partial charge on any atom is 0.0743 e. The van der Waals surface area contributed by atoms with Crippen LogP contribution < -0.4 is 5.73 Å². The Hall–Kier alpha value is -0.190. The average molecular weight is 243 g/mol. The predicted octanol–water partition coefficient (Wildman–Crippen LogP) is 1.47. The van der Waals surface area contributed by atoms with Crippen molar-refractivity contribution in [1.82, 2.24) is 9.80 Å². The molecule has 1 fully saturated rings. The number of thiocarbonyl (C=S) groups is 1. The molecule has 0 saturated carbocycles. The molecule has 94 valence electrons. The van der Waals surface area contributed by atoms with E-state index in [4.69, 9.17) is 18.0 Å². The summed E-state index contributed by atoms with van der Waals surface area (Å²) < 4.78 is 0. The fraction of sp³-hybridized carbons (Fsp3) is 0.917. The van der Waals surface area contributed by atoms with Crippen LogP contribution >= 0.6 is 12.2 Å². The van der Waals surface area contributed by atoms with Crippen molar-refractivity contribution in [3.05, 3.63) is 0 Å². The molecule has 3 atom stereocenters. The van der Waals surface area contributed by atoms with Crippen molar-refractivity contribution in [2.24, 2.45) is 5.73 Å². The monoisotopic (exact) mass is 243 g/mol. The van der Waals surface area contributed by atoms with Gasteiger partial charge in [-0.15, -0.1) is 0 Å². The summed E-state index contributed by atoms with van der Waals surface area (Å²) in [5.74, 6) is 0. The molecule has 1 aliphatic rings. The lowest BCUT2D eigenvalue weighted by Gasteiger charge is -2.45. The molecule has 0 aliphatic carbocycles. The first-order valence-electron chi connectivity index (χ1n) is 6.20. The topological polar surface area (TPSA) is 32.5 Å². The zero-order chi connectivity index (χ0) is 12.3. The molecular formula is C12H25N3S. The van der Waals surface area contributed by atoms with Crippen molar-refractivity contribution in [1.29, 1.82) is 0 Å². The average Bonchev–Trinajstić information content (AvgIpc) is 2.21. The van der Waals surface area contributed by atoms with Gasteiger partial charge in [-0.1, -0.05) is 19.1 Å². The molecule has 2 N–H and O–H groups in total. The quantitative estimate of drug-likeness (QED) is 0.758. The largest absolute Gasteiger partial charge is 0.393 e. The van der Waals surface area contributed by atoms with Gasteiger partial charge in [0.2, 0.25) is 0 Å². The second kappa shape index (κ2) is 5.94. The summed E-state index contributed by atoms with van der Waals surface area (Å²) in [7, 11) is 2.21. The van der Waals surface area contributed by atoms with E-state index in [1.807, 2.05) is 0 Å². The fourth-order valence-corrected chi connectivity index (χ4v) is 2.70. The number of piperazine rings is 1. The molecule has 0 spiro atoms. The van der Waals surface area contributed by atoms with E-state index in [-0.39, 0.29) is 0 Å². The van der Waals surface area contributed by atoms with Crippen molar-refractivity contribution in [3.63, 3.8) is 0 Å². The summed E-state index contributed by atoms with van der Waals surface area (Å²) in [6.07, 6.45) is 1.98. The van der Waals surface area contributed by atoms with E-state index in [9.17, 15) is 0 Å². The van der Waals surface area contributed by atoms with Crippen LogP contribution in [0.3, 0.4) is 0 Å². The molecule has 0 radical (unpaired) electrons. The standard InChI is InChI=1S/C12H25N3S/c1-5-11(6-12(13)16)15-7-9(2)14(4)10(3)8-15/h9-11H,5-8H2,1-4H3,(H2,13,16). The van der Waals surface area contributed by atoms with Crippen LogP contribution in [0.4, 0.5) is 0 Å². The first-order chi connectivity index (χ1) is 7.45. The number of nitrogens with zero attached hydrogens (tertiary/aromatic N) is 2. The number of nitrogens with two attached hydrogens (primary N) is 1. The molecule has 1 heterocycles. The van der Waals surface area contributed by atoms with E-state index in [0.29, 0.717) is 23.1 Å². The van der Waals surface area contributed by atoms with Crippen LogP contribution in [-0.4, -0.2) is 53.1 Å². The van der Waals surface area contributed by atoms with Crippen LogP contribution in [0.5, 0.6) is 0 Å². The SMILES string of the molecule is CCC(CC(N)=S)N1CC(C)N(C)C(C)C1. The van der Waals surface area contributed by atoms with Gasteiger partial charge in [0, 0.05) is 37.6 Å². The van der Waals surface area contributed by atoms with Gasteiger partial charge in [-0.05, 0) is 27.3 Å². The van der Waals surface area contributed by atoms with Crippen molar-refractivity contribution >= 4 is 17.2 Å². The Morgan fingerprint density at radius 3 is 2.25 bits per heavy atom. The third kappa shape index (κ3) is 3.40. The van der Waals surface area contributed by atoms with Gasteiger partial charge in [0.05, 0.1) is 4.99 Å². The zero-order valence-electron chi connectivity index (χ0n) is 10.9. The highest BCUT2D eigenvalue weighted by atomic mass is 32.1. The third-order valence-corrected chi connectivity index (χ3v) is 3.98. The number of likely N-dealkylation sites (N-methyl/N-ethyl adjacent to an activating group) is 1. The first kappa shape index (κ1) is 13.9. The number of hydrogen-bond donors (Lipinski definition) is 1. The molecule has 0 aromatic carbocycles. The van der Waals surface area contributed by atoms with Gasteiger partial charge in [-0.2, -0.15) is 0 Å². The van der Waals surface area contributed by atoms with Gasteiger partial charge >= 0.3 is 0 Å². The van der Waals surface area contributed by atoms with Crippen LogP contribution in [0.25, 0.3) is 0 Å². The van der Waals surface area contributed by atoms with E-state index < -0.39 is 0 Å². The Bertz CT molecular complexity index is 232. The van der Waals surface area contributed by atoms with Gasteiger partial charge in [0.1, 0.15) is 0 Å². The minimum atomic E-state index is 0.524. The molecule has 3 nitrogen and oxygen atoms in total. The van der Waals surface area contributed by atoms with Crippen molar-refractivity contribution < 1.29 is 0 Å². The molecule has 16 heavy (non-hydrogen) atoms. The fourth-order valence-electron chi connectivity index (χ4n) is 2.51. The van der Waals surface area contributed by atoms with Gasteiger partial charge in [-0.3, -0.25) is 9.80 Å². The maximum absolute atomic E-state index is 5.67. The lowest BCUT2D eigenvalue weighted by Crippen LogP contribution is -2.57. The Labute approximate surface area is 105 Å². The van der Waals surface area contributed by atoms with E-state index in [1.54, 1.807) is 0 Å². The van der Waals surface area contributed by atoms with Gasteiger partial charge in [-0.25, -0.2) is 0 Å². The van der Waals surface area contributed by atoms with Crippen molar-refractivity contribution in [2.75, 3.05) is 20.1 Å². The van der Waals surface area contributed by atoms with Crippen molar-refractivity contribution in [3.8, 4) is 0 Å². The van der Waals surface area contributed by atoms with Crippen LogP contribution in [0.2, 0.25) is 0 Å². The third-order valence-electron chi connectivity index (χ3n) is 3.81. The smallest absolute Gasteiger partial charge is 0.0743 e. The summed E-state index contributed by atoms with van der Waals surface area (Å²) in [6.45, 7) is 9.05. The molecule has 3 unspecified atom stereocenters. The zero-order valence-corrected chi connectivity index (χ0v) is 11.8. The summed E-state index contributed by atoms with van der Waals surface area (Å²) in [4.78, 5) is 5.64. The van der Waals surface area contributed by atoms with Crippen LogP contribution in [0.15, 0.2) is 0 Å². The summed E-state index contributed by atoms with van der Waals surface area (Å²) >= 11 is 5.03. The molecule has 1 saturated heterocycles. The Morgan fingerprint density at radius 2 is 1.88 bits per heavy atom. The number of rotatable bonds is 4. The molecule has 0 aromatic heterocycles. The summed E-state index contributed by atoms with van der Waals surface area (Å²) in [5.41, 5.74) is 5.67. The summed E-state index contributed by atoms with van der Waals surface area (Å²) in [5, 5.41) is 0. The first-order valence-corrected chi connectivity index (χ1v) is 6.60. The Balaban J connectivity index is 2.61. The minimum Gasteiger partial charge on any atom is -0.393 e. The van der Waals surface area contributed by atoms with E-state index in [2.05, 4.69) is 37.6 Å². The minimum absolute atomic E-state index is 0.524. The van der Waals surface area contributed by atoms with Crippen LogP contribution in [0.1, 0.15) is 33.6 Å². The van der Waals surface area contributed by atoms with Gasteiger partial charge < -0.3 is 5.73 Å². The molecule has 4 heteroatoms. The molecule has 0 aromatic rings. The molecule has 1 rings (SSSR count). The highest BCUT2D eigenvalue weighted by Crippen LogP contribution is 2.18. The van der Waals surface area contributed by atoms with Crippen LogP contribution in [0, 0.1) is 0 Å². The molecule has 0 amide bonds. The second-order valence-corrected chi connectivity index (χ2v) is 5.57. The second-order valence-electron chi connectivity index (χ2n) is 5.05. The van der Waals surface area contributed by atoms with Crippen LogP contribution in [-0.2, 0) is 0 Å². The normalized spacial score (nSPS) is 30.2. The van der Waals surface area contributed by atoms with Gasteiger partial charge in [0.25, 0.3) is 0 Å². The lowest BCUT2D eigenvalue weighted by molar-refractivity contribution is 0.0343. The summed E-state index contributed by atoms with van der Waals surface area (Å²) in [6, 6.07) is 1.75. The molecule has 1 aliphatic heterocycles. The predicted molar refractivity (Wildman–Crippen MR) is 73.7 cm³/mol. The maximum atomic E-state index is 5.67. The van der Waals surface area contributed by atoms with Crippen molar-refractivity contribution in [2.45, 2.75) is 51.7 Å². The molecular weight excluding hydrogens is 218 g/mol. The van der Waals surface area contributed by atoms with E-state index in [1.165, 1.54) is 0 Å². The highest BCUT2D eigenvalue weighted by molar-refractivity contribution is 7.80. The highest BCUT2D eigenvalue weighted by Gasteiger charge is 2.30. The Kier molecular flexibility index (Phi) is 5.15. The van der Waals surface area contributed by atoms with E-state index >= 15 is 0 Å². The lowest BCUT2D eigenvalue weighted by atomic mass is 10.0. The molecule has 0 bridgehead atoms. The number of hydrogen-bond acceptors (Lipinski definition) is 3. The van der Waals surface area contributed by atoms with Gasteiger partial charge in [0.15, 0.2) is 0 Å². The Morgan fingerprint density at radius 1 is 1.38 bits per heavy atom.